The molecule has 0 unspecified atom stereocenters. The first-order valence-electron chi connectivity index (χ1n) is 16.8. The normalized spacial score (nSPS) is 23.9. The molecule has 2 aliphatic carbocycles. The fourth-order valence-corrected chi connectivity index (χ4v) is 7.62. The van der Waals surface area contributed by atoms with Crippen LogP contribution >= 0.6 is 0 Å². The third-order valence-corrected chi connectivity index (χ3v) is 11.1. The van der Waals surface area contributed by atoms with Crippen molar-refractivity contribution >= 4 is 44.6 Å². The average Bonchev–Trinajstić information content (AvgIpc) is 3.98. The summed E-state index contributed by atoms with van der Waals surface area (Å²) in [5.74, 6) is -2.57. The number of rotatable bonds is 11. The lowest BCUT2D eigenvalue weighted by Crippen LogP contribution is -2.60. The number of methoxy groups -OCH3 is 1. The summed E-state index contributed by atoms with van der Waals surface area (Å²) in [4.78, 5) is 60.7. The Balaban J connectivity index is 1.46. The Morgan fingerprint density at radius 2 is 1.82 bits per heavy atom. The van der Waals surface area contributed by atoms with Crippen molar-refractivity contribution in [3.8, 4) is 11.6 Å². The van der Waals surface area contributed by atoms with E-state index in [1.54, 1.807) is 73.0 Å². The van der Waals surface area contributed by atoms with Gasteiger partial charge in [0.15, 0.2) is 0 Å². The summed E-state index contributed by atoms with van der Waals surface area (Å²) in [5.41, 5.74) is -3.56. The smallest absolute Gasteiger partial charge is 0.408 e. The molecule has 3 fully saturated rings. The fraction of sp³-hybridized carbons (Fsp3) is 0.571. The standard InChI is InChI=1S/C35H46N5O10S/c1-9-21-18-35(21,31(43)40(45)51(46,47)24-11-12-24)38-28(41)26-17-23(49-29-25-13-10-22(48-8)16-20(25)14-15-36-29)19-39(26)30(42)27(33(2,3)4)37-32(44)50-34(5,6)7/h9-10,13-16,21,23-24,26-27H,1,11-12,17-19H2,2-8H3,(H,37,44)(H,38,41)/q-1/t21-,23-,26+,27-,35-/m1/s1. The van der Waals surface area contributed by atoms with Crippen LogP contribution in [-0.2, 0) is 29.1 Å². The number of hydrogen-bond donors (Lipinski definition) is 2. The van der Waals surface area contributed by atoms with Gasteiger partial charge in [-0.3, -0.25) is 14.4 Å². The maximum atomic E-state index is 14.4. The molecule has 2 saturated carbocycles. The van der Waals surface area contributed by atoms with E-state index >= 15 is 0 Å². The van der Waals surface area contributed by atoms with Gasteiger partial charge in [0.2, 0.25) is 27.7 Å². The van der Waals surface area contributed by atoms with Crippen LogP contribution < -0.4 is 20.1 Å². The molecule has 0 spiro atoms. The Kier molecular flexibility index (Phi) is 10.1. The molecule has 1 aromatic heterocycles. The van der Waals surface area contributed by atoms with E-state index in [1.165, 1.54) is 11.0 Å². The van der Waals surface area contributed by atoms with Crippen LogP contribution in [0.3, 0.4) is 0 Å². The van der Waals surface area contributed by atoms with Gasteiger partial charge in [-0.1, -0.05) is 26.8 Å². The van der Waals surface area contributed by atoms with Crippen LogP contribution in [-0.4, -0.2) is 94.8 Å². The largest absolute Gasteiger partial charge is 0.742 e. The molecule has 4 amide bonds. The Morgan fingerprint density at radius 3 is 2.39 bits per heavy atom. The van der Waals surface area contributed by atoms with Gasteiger partial charge in [0.1, 0.15) is 35.1 Å². The van der Waals surface area contributed by atoms with Gasteiger partial charge < -0.3 is 39.4 Å². The number of benzene rings is 1. The van der Waals surface area contributed by atoms with Crippen molar-refractivity contribution in [2.75, 3.05) is 13.7 Å². The summed E-state index contributed by atoms with van der Waals surface area (Å²) in [6, 6.07) is 4.71. The summed E-state index contributed by atoms with van der Waals surface area (Å²) < 4.78 is 42.0. The zero-order valence-corrected chi connectivity index (χ0v) is 30.7. The molecule has 5 atom stereocenters. The van der Waals surface area contributed by atoms with E-state index in [2.05, 4.69) is 22.2 Å². The molecule has 0 bridgehead atoms. The first-order valence-corrected chi connectivity index (χ1v) is 18.3. The molecule has 2 N–H and O–H groups in total. The summed E-state index contributed by atoms with van der Waals surface area (Å²) in [7, 11) is -2.90. The van der Waals surface area contributed by atoms with Gasteiger partial charge in [0.25, 0.3) is 5.91 Å². The van der Waals surface area contributed by atoms with E-state index in [1.807, 2.05) is 6.07 Å². The van der Waals surface area contributed by atoms with E-state index in [-0.39, 0.29) is 38.1 Å². The molecule has 1 aliphatic heterocycles. The lowest BCUT2D eigenvalue weighted by molar-refractivity contribution is -0.143. The van der Waals surface area contributed by atoms with Crippen molar-refractivity contribution in [2.24, 2.45) is 11.3 Å². The number of likely N-dealkylation sites (tertiary alicyclic amines) is 1. The molecular weight excluding hydrogens is 682 g/mol. The van der Waals surface area contributed by atoms with Crippen LogP contribution in [0.4, 0.5) is 4.79 Å². The van der Waals surface area contributed by atoms with Crippen molar-refractivity contribution in [1.82, 2.24) is 25.0 Å². The van der Waals surface area contributed by atoms with Crippen molar-refractivity contribution in [3.63, 3.8) is 0 Å². The molecular formula is C35H46N5O10S-. The highest BCUT2D eigenvalue weighted by molar-refractivity contribution is 7.90. The van der Waals surface area contributed by atoms with Crippen LogP contribution in [0.25, 0.3) is 10.8 Å². The second-order valence-electron chi connectivity index (χ2n) is 15.4. The number of hydroxylamine groups is 1. The highest BCUT2D eigenvalue weighted by Gasteiger charge is 2.62. The van der Waals surface area contributed by atoms with Crippen LogP contribution in [0, 0.1) is 16.5 Å². The third kappa shape index (κ3) is 7.91. The number of nitrogens with one attached hydrogen (secondary N) is 2. The molecule has 1 saturated heterocycles. The van der Waals surface area contributed by atoms with Gasteiger partial charge in [-0.15, -0.1) is 6.58 Å². The minimum absolute atomic E-state index is 0.0468. The fourth-order valence-electron chi connectivity index (χ4n) is 6.22. The summed E-state index contributed by atoms with van der Waals surface area (Å²) in [6.07, 6.45) is 1.76. The lowest BCUT2D eigenvalue weighted by atomic mass is 9.85. The van der Waals surface area contributed by atoms with E-state index in [0.29, 0.717) is 11.1 Å². The van der Waals surface area contributed by atoms with E-state index in [9.17, 15) is 32.8 Å². The summed E-state index contributed by atoms with van der Waals surface area (Å²) in [6.45, 7) is 13.9. The molecule has 2 aromatic rings. The Morgan fingerprint density at radius 1 is 1.14 bits per heavy atom. The van der Waals surface area contributed by atoms with Crippen molar-refractivity contribution in [1.29, 1.82) is 0 Å². The molecule has 15 nitrogen and oxygen atoms in total. The molecule has 278 valence electrons. The predicted molar refractivity (Wildman–Crippen MR) is 187 cm³/mol. The van der Waals surface area contributed by atoms with Gasteiger partial charge in [-0.05, 0) is 75.1 Å². The Hall–Kier alpha value is -4.44. The minimum atomic E-state index is -4.45. The van der Waals surface area contributed by atoms with Crippen LogP contribution in [0.1, 0.15) is 67.2 Å². The van der Waals surface area contributed by atoms with Crippen molar-refractivity contribution in [3.05, 3.63) is 48.3 Å². The molecule has 5 rings (SSSR count). The van der Waals surface area contributed by atoms with Gasteiger partial charge in [-0.25, -0.2) is 18.2 Å². The van der Waals surface area contributed by atoms with E-state index < -0.39 is 84.2 Å². The van der Waals surface area contributed by atoms with Gasteiger partial charge >= 0.3 is 6.09 Å². The molecule has 3 aliphatic rings. The van der Waals surface area contributed by atoms with Crippen LogP contribution in [0.2, 0.25) is 0 Å². The monoisotopic (exact) mass is 728 g/mol. The number of ether oxygens (including phenoxy) is 3. The highest BCUT2D eigenvalue weighted by atomic mass is 32.2. The first-order chi connectivity index (χ1) is 23.7. The summed E-state index contributed by atoms with van der Waals surface area (Å²) in [5, 5.41) is 18.7. The zero-order valence-electron chi connectivity index (χ0n) is 29.9. The third-order valence-electron chi connectivity index (χ3n) is 9.21. The number of amides is 4. The SMILES string of the molecule is C=C[C@@H]1C[C@]1(NC(=O)[C@@H]1C[C@@H](Oc2nccc3cc(OC)ccc23)CN1C(=O)[C@@H](NC(=O)OC(C)(C)C)C(C)(C)C)C(=O)N([O-])S(=O)(=O)C1CC1. The quantitative estimate of drug-likeness (QED) is 0.254. The number of carbonyl (C=O) groups excluding carboxylic acids is 4. The second-order valence-corrected chi connectivity index (χ2v) is 17.4. The highest BCUT2D eigenvalue weighted by Crippen LogP contribution is 2.47. The van der Waals surface area contributed by atoms with Gasteiger partial charge in [-0.2, -0.15) is 0 Å². The predicted octanol–water partition coefficient (Wildman–Crippen LogP) is 3.41. The topological polar surface area (TPSA) is 197 Å². The number of sulfonamides is 1. The Labute approximate surface area is 297 Å². The van der Waals surface area contributed by atoms with E-state index in [0.717, 1.165) is 5.39 Å². The Bertz CT molecular complexity index is 1830. The van der Waals surface area contributed by atoms with Gasteiger partial charge in [0, 0.05) is 23.9 Å². The lowest BCUT2D eigenvalue weighted by Gasteiger charge is -2.36. The number of nitrogens with zero attached hydrogens (tertiary/aromatic N) is 3. The maximum Gasteiger partial charge on any atom is 0.408 e. The zero-order chi connectivity index (χ0) is 37.7. The molecule has 0 radical (unpaired) electrons. The molecule has 51 heavy (non-hydrogen) atoms. The minimum Gasteiger partial charge on any atom is -0.742 e. The second kappa shape index (κ2) is 13.6. The van der Waals surface area contributed by atoms with Crippen molar-refractivity contribution < 1.29 is 41.8 Å². The number of pyridine rings is 1. The maximum absolute atomic E-state index is 14.4. The van der Waals surface area contributed by atoms with Crippen LogP contribution in [0.15, 0.2) is 43.1 Å². The first kappa shape index (κ1) is 37.8. The number of aromatic nitrogens is 1. The summed E-state index contributed by atoms with van der Waals surface area (Å²) >= 11 is 0. The molecule has 16 heteroatoms. The van der Waals surface area contributed by atoms with Crippen LogP contribution in [0.5, 0.6) is 11.6 Å². The number of carbonyl (C=O) groups is 4. The van der Waals surface area contributed by atoms with E-state index in [4.69, 9.17) is 14.2 Å². The average molecular weight is 729 g/mol. The molecule has 1 aromatic carbocycles. The molecule has 2 heterocycles. The van der Waals surface area contributed by atoms with Gasteiger partial charge in [0.05, 0.1) is 18.9 Å². The number of alkyl carbamates (subject to hydrolysis) is 1. The van der Waals surface area contributed by atoms with Crippen molar-refractivity contribution in [2.45, 2.75) is 102 Å². The number of fused-ring (bicyclic) bond motifs is 1. The number of hydrogen-bond acceptors (Lipinski definition) is 11.